The van der Waals surface area contributed by atoms with Crippen LogP contribution < -0.4 is 10.1 Å². The van der Waals surface area contributed by atoms with Crippen molar-refractivity contribution in [2.75, 3.05) is 13.7 Å². The second-order valence-corrected chi connectivity index (χ2v) is 6.59. The van der Waals surface area contributed by atoms with Crippen molar-refractivity contribution in [3.8, 4) is 5.75 Å². The second-order valence-electron chi connectivity index (χ2n) is 6.59. The van der Waals surface area contributed by atoms with Crippen LogP contribution in [-0.4, -0.2) is 13.7 Å². The van der Waals surface area contributed by atoms with Gasteiger partial charge in [-0.15, -0.1) is 0 Å². The van der Waals surface area contributed by atoms with Gasteiger partial charge in [-0.3, -0.25) is 0 Å². The Morgan fingerprint density at radius 2 is 1.95 bits per heavy atom. The minimum atomic E-state index is 0.343. The van der Waals surface area contributed by atoms with Gasteiger partial charge in [-0.25, -0.2) is 0 Å². The molecule has 1 fully saturated rings. The molecule has 1 aliphatic rings. The predicted octanol–water partition coefficient (Wildman–Crippen LogP) is 4.32. The Morgan fingerprint density at radius 1 is 1.18 bits per heavy atom. The topological polar surface area (TPSA) is 21.3 Å². The number of hydrogen-bond acceptors (Lipinski definition) is 2. The van der Waals surface area contributed by atoms with Crippen LogP contribution in [0.4, 0.5) is 0 Å². The second kappa shape index (κ2) is 6.13. The summed E-state index contributed by atoms with van der Waals surface area (Å²) in [6.07, 6.45) is 1.27. The Bertz CT molecular complexity index is 625. The summed E-state index contributed by atoms with van der Waals surface area (Å²) in [6, 6.07) is 19.5. The summed E-state index contributed by atoms with van der Waals surface area (Å²) in [5.74, 6) is 1.65. The van der Waals surface area contributed by atoms with Crippen LogP contribution in [0.1, 0.15) is 37.4 Å². The first-order chi connectivity index (χ1) is 10.6. The van der Waals surface area contributed by atoms with Gasteiger partial charge in [0.15, 0.2) is 0 Å². The Labute approximate surface area is 133 Å². The average molecular weight is 295 g/mol. The zero-order chi connectivity index (χ0) is 15.6. The molecule has 1 saturated carbocycles. The van der Waals surface area contributed by atoms with Crippen molar-refractivity contribution in [2.45, 2.75) is 31.7 Å². The SMILES string of the molecule is COc1cccc(C(C)NCC2CC2(C)c2ccccc2)c1. The lowest BCUT2D eigenvalue weighted by atomic mass is 9.95. The first kappa shape index (κ1) is 15.1. The maximum absolute atomic E-state index is 5.31. The molecule has 2 aromatic carbocycles. The van der Waals surface area contributed by atoms with Crippen LogP contribution in [0.15, 0.2) is 54.6 Å². The minimum Gasteiger partial charge on any atom is -0.497 e. The van der Waals surface area contributed by atoms with Gasteiger partial charge in [-0.1, -0.05) is 49.4 Å². The van der Waals surface area contributed by atoms with E-state index >= 15 is 0 Å². The van der Waals surface area contributed by atoms with Crippen molar-refractivity contribution in [2.24, 2.45) is 5.92 Å². The number of benzene rings is 2. The summed E-state index contributed by atoms with van der Waals surface area (Å²) in [7, 11) is 1.71. The van der Waals surface area contributed by atoms with Crippen LogP contribution in [0.3, 0.4) is 0 Å². The molecular weight excluding hydrogens is 270 g/mol. The highest BCUT2D eigenvalue weighted by molar-refractivity contribution is 5.33. The minimum absolute atomic E-state index is 0.343. The highest BCUT2D eigenvalue weighted by atomic mass is 16.5. The standard InChI is InChI=1S/C20H25NO/c1-15(16-8-7-11-19(12-16)22-3)21-14-18-13-20(18,2)17-9-5-4-6-10-17/h4-12,15,18,21H,13-14H2,1-3H3. The zero-order valence-corrected chi connectivity index (χ0v) is 13.7. The average Bonchev–Trinajstić information content (AvgIpc) is 3.25. The van der Waals surface area contributed by atoms with Gasteiger partial charge < -0.3 is 10.1 Å². The highest BCUT2D eigenvalue weighted by Gasteiger charge is 2.50. The first-order valence-electron chi connectivity index (χ1n) is 8.06. The number of nitrogens with one attached hydrogen (secondary N) is 1. The van der Waals surface area contributed by atoms with Crippen LogP contribution in [0.25, 0.3) is 0 Å². The molecule has 1 N–H and O–H groups in total. The molecule has 22 heavy (non-hydrogen) atoms. The molecule has 0 radical (unpaired) electrons. The zero-order valence-electron chi connectivity index (χ0n) is 13.7. The molecule has 0 heterocycles. The molecular formula is C20H25NO. The van der Waals surface area contributed by atoms with E-state index in [9.17, 15) is 0 Å². The predicted molar refractivity (Wildman–Crippen MR) is 91.3 cm³/mol. The monoisotopic (exact) mass is 295 g/mol. The molecule has 3 rings (SSSR count). The van der Waals surface area contributed by atoms with Crippen LogP contribution in [0, 0.1) is 5.92 Å². The lowest BCUT2D eigenvalue weighted by Gasteiger charge is -2.17. The van der Waals surface area contributed by atoms with Crippen molar-refractivity contribution in [3.05, 3.63) is 65.7 Å². The van der Waals surface area contributed by atoms with Gasteiger partial charge in [-0.05, 0) is 54.5 Å². The molecule has 0 spiro atoms. The first-order valence-corrected chi connectivity index (χ1v) is 8.06. The Morgan fingerprint density at radius 3 is 2.68 bits per heavy atom. The van der Waals surface area contributed by atoms with Crippen LogP contribution in [0.2, 0.25) is 0 Å². The fourth-order valence-electron chi connectivity index (χ4n) is 3.27. The molecule has 0 bridgehead atoms. The maximum atomic E-state index is 5.31. The summed E-state index contributed by atoms with van der Waals surface area (Å²) in [5, 5.41) is 3.68. The third-order valence-corrected chi connectivity index (χ3v) is 5.11. The van der Waals surface area contributed by atoms with E-state index in [1.807, 2.05) is 6.07 Å². The van der Waals surface area contributed by atoms with E-state index in [-0.39, 0.29) is 0 Å². The molecule has 1 aliphatic carbocycles. The maximum Gasteiger partial charge on any atom is 0.119 e. The van der Waals surface area contributed by atoms with E-state index in [0.29, 0.717) is 11.5 Å². The quantitative estimate of drug-likeness (QED) is 0.856. The molecule has 2 aromatic rings. The van der Waals surface area contributed by atoms with Gasteiger partial charge in [0, 0.05) is 6.04 Å². The largest absolute Gasteiger partial charge is 0.497 e. The van der Waals surface area contributed by atoms with Crippen LogP contribution in [0.5, 0.6) is 5.75 Å². The van der Waals surface area contributed by atoms with E-state index in [4.69, 9.17) is 4.74 Å². The summed E-state index contributed by atoms with van der Waals surface area (Å²) in [5.41, 5.74) is 3.10. The highest BCUT2D eigenvalue weighted by Crippen LogP contribution is 2.53. The summed E-state index contributed by atoms with van der Waals surface area (Å²) >= 11 is 0. The summed E-state index contributed by atoms with van der Waals surface area (Å²) < 4.78 is 5.31. The molecule has 0 amide bonds. The lowest BCUT2D eigenvalue weighted by molar-refractivity contribution is 0.413. The van der Waals surface area contributed by atoms with E-state index in [1.54, 1.807) is 7.11 Å². The normalized spacial score (nSPS) is 24.8. The van der Waals surface area contributed by atoms with Crippen molar-refractivity contribution in [1.29, 1.82) is 0 Å². The third-order valence-electron chi connectivity index (χ3n) is 5.11. The Balaban J connectivity index is 1.57. The van der Waals surface area contributed by atoms with Crippen molar-refractivity contribution in [1.82, 2.24) is 5.32 Å². The smallest absolute Gasteiger partial charge is 0.119 e. The fourth-order valence-corrected chi connectivity index (χ4v) is 3.27. The molecule has 116 valence electrons. The molecule has 2 heteroatoms. The van der Waals surface area contributed by atoms with Crippen molar-refractivity contribution in [3.63, 3.8) is 0 Å². The van der Waals surface area contributed by atoms with Gasteiger partial charge in [0.1, 0.15) is 5.75 Å². The van der Waals surface area contributed by atoms with Gasteiger partial charge >= 0.3 is 0 Å². The fraction of sp³-hybridized carbons (Fsp3) is 0.400. The molecule has 3 unspecified atom stereocenters. The van der Waals surface area contributed by atoms with Gasteiger partial charge in [0.25, 0.3) is 0 Å². The van der Waals surface area contributed by atoms with Gasteiger partial charge in [0.05, 0.1) is 7.11 Å². The Kier molecular flexibility index (Phi) is 4.21. The molecule has 2 nitrogen and oxygen atoms in total. The summed E-state index contributed by atoms with van der Waals surface area (Å²) in [4.78, 5) is 0. The molecule has 0 aromatic heterocycles. The van der Waals surface area contributed by atoms with Crippen molar-refractivity contribution >= 4 is 0 Å². The van der Waals surface area contributed by atoms with E-state index in [2.05, 4.69) is 67.7 Å². The number of hydrogen-bond donors (Lipinski definition) is 1. The van der Waals surface area contributed by atoms with E-state index in [0.717, 1.165) is 18.2 Å². The Hall–Kier alpha value is -1.80. The summed E-state index contributed by atoms with van der Waals surface area (Å²) in [6.45, 7) is 5.66. The molecule has 0 saturated heterocycles. The van der Waals surface area contributed by atoms with Crippen molar-refractivity contribution < 1.29 is 4.74 Å². The number of methoxy groups -OCH3 is 1. The number of ether oxygens (including phenoxy) is 1. The van der Waals surface area contributed by atoms with E-state index in [1.165, 1.54) is 17.5 Å². The van der Waals surface area contributed by atoms with Crippen LogP contribution in [-0.2, 0) is 5.41 Å². The van der Waals surface area contributed by atoms with E-state index < -0.39 is 0 Å². The third kappa shape index (κ3) is 3.02. The lowest BCUT2D eigenvalue weighted by Crippen LogP contribution is -2.23. The molecule has 3 atom stereocenters. The number of rotatable bonds is 6. The molecule has 0 aliphatic heterocycles. The van der Waals surface area contributed by atoms with Crippen LogP contribution >= 0.6 is 0 Å². The van der Waals surface area contributed by atoms with Gasteiger partial charge in [-0.2, -0.15) is 0 Å². The van der Waals surface area contributed by atoms with Gasteiger partial charge in [0.2, 0.25) is 0 Å².